The summed E-state index contributed by atoms with van der Waals surface area (Å²) in [6.45, 7) is 1.83. The Bertz CT molecular complexity index is 425. The van der Waals surface area contributed by atoms with Gasteiger partial charge in [0.1, 0.15) is 0 Å². The fraction of sp³-hybridized carbons (Fsp3) is 1.00. The number of nitrogens with zero attached hydrogens (tertiary/aromatic N) is 2. The Kier molecular flexibility index (Phi) is 3.17. The summed E-state index contributed by atoms with van der Waals surface area (Å²) in [5.41, 5.74) is 0. The first kappa shape index (κ1) is 12.8. The van der Waals surface area contributed by atoms with E-state index in [1.807, 2.05) is 0 Å². The van der Waals surface area contributed by atoms with E-state index in [4.69, 9.17) is 0 Å². The molecule has 0 aliphatic carbocycles. The average Bonchev–Trinajstić information content (AvgIpc) is 2.65. The van der Waals surface area contributed by atoms with Gasteiger partial charge in [0.15, 0.2) is 9.84 Å². The van der Waals surface area contributed by atoms with Crippen molar-refractivity contribution < 1.29 is 13.5 Å². The summed E-state index contributed by atoms with van der Waals surface area (Å²) in [5.74, 6) is 0.0768. The van der Waals surface area contributed by atoms with E-state index >= 15 is 0 Å². The first-order valence-electron chi connectivity index (χ1n) is 6.81. The van der Waals surface area contributed by atoms with Crippen molar-refractivity contribution in [2.24, 2.45) is 0 Å². The fourth-order valence-electron chi connectivity index (χ4n) is 3.80. The van der Waals surface area contributed by atoms with Crippen molar-refractivity contribution in [2.75, 3.05) is 31.6 Å². The molecule has 4 atom stereocenters. The number of sulfone groups is 1. The van der Waals surface area contributed by atoms with E-state index in [0.29, 0.717) is 12.1 Å². The van der Waals surface area contributed by atoms with Crippen LogP contribution in [0.4, 0.5) is 0 Å². The van der Waals surface area contributed by atoms with Gasteiger partial charge in [0.25, 0.3) is 0 Å². The second-order valence-electron chi connectivity index (χ2n) is 6.05. The third-order valence-electron chi connectivity index (χ3n) is 4.94. The van der Waals surface area contributed by atoms with Gasteiger partial charge in [-0.1, -0.05) is 0 Å². The second kappa shape index (κ2) is 4.44. The molecular weight excluding hydrogens is 252 g/mol. The molecule has 5 nitrogen and oxygen atoms in total. The van der Waals surface area contributed by atoms with E-state index in [-0.39, 0.29) is 17.5 Å². The van der Waals surface area contributed by atoms with Crippen LogP contribution in [-0.4, -0.2) is 79.2 Å². The summed E-state index contributed by atoms with van der Waals surface area (Å²) in [5, 5.41) is 9.97. The van der Waals surface area contributed by atoms with Crippen LogP contribution in [0.15, 0.2) is 0 Å². The van der Waals surface area contributed by atoms with Crippen LogP contribution in [0.1, 0.15) is 19.3 Å². The third-order valence-corrected chi connectivity index (χ3v) is 6.64. The van der Waals surface area contributed by atoms with E-state index in [1.54, 1.807) is 0 Å². The van der Waals surface area contributed by atoms with Crippen LogP contribution >= 0.6 is 0 Å². The number of likely N-dealkylation sites (tertiary alicyclic amines) is 1. The minimum atomic E-state index is -3.04. The molecule has 104 valence electrons. The van der Waals surface area contributed by atoms with Gasteiger partial charge in [0.2, 0.25) is 0 Å². The van der Waals surface area contributed by atoms with E-state index in [1.165, 1.54) is 12.8 Å². The van der Waals surface area contributed by atoms with Gasteiger partial charge >= 0.3 is 0 Å². The minimum absolute atomic E-state index is 0.0574. The van der Waals surface area contributed by atoms with Gasteiger partial charge in [-0.25, -0.2) is 8.42 Å². The van der Waals surface area contributed by atoms with Crippen LogP contribution in [0.2, 0.25) is 0 Å². The molecule has 1 N–H and O–H groups in total. The molecule has 2 bridgehead atoms. The number of hydrogen-bond donors (Lipinski definition) is 1. The van der Waals surface area contributed by atoms with E-state index in [2.05, 4.69) is 16.8 Å². The largest absolute Gasteiger partial charge is 0.390 e. The predicted molar refractivity (Wildman–Crippen MR) is 69.2 cm³/mol. The predicted octanol–water partition coefficient (Wildman–Crippen LogP) is -0.687. The highest BCUT2D eigenvalue weighted by atomic mass is 32.2. The number of rotatable bonds is 1. The lowest BCUT2D eigenvalue weighted by Crippen LogP contribution is -2.47. The van der Waals surface area contributed by atoms with Gasteiger partial charge in [-0.15, -0.1) is 0 Å². The van der Waals surface area contributed by atoms with Crippen molar-refractivity contribution in [3.05, 3.63) is 0 Å². The zero-order chi connectivity index (χ0) is 12.9. The molecule has 6 heteroatoms. The molecule has 0 aromatic carbocycles. The number of aliphatic hydroxyl groups excluding tert-OH is 1. The van der Waals surface area contributed by atoms with Crippen LogP contribution in [-0.2, 0) is 9.84 Å². The topological polar surface area (TPSA) is 60.9 Å². The van der Waals surface area contributed by atoms with Crippen LogP contribution in [0.5, 0.6) is 0 Å². The molecule has 0 spiro atoms. The number of likely N-dealkylation sites (N-methyl/N-ethyl adjacent to an activating group) is 1. The fourth-order valence-corrected chi connectivity index (χ4v) is 5.63. The number of aliphatic hydroxyl groups is 1. The maximum absolute atomic E-state index is 11.6. The number of fused-ring (bicyclic) bond motifs is 2. The highest BCUT2D eigenvalue weighted by Gasteiger charge is 2.43. The zero-order valence-corrected chi connectivity index (χ0v) is 11.6. The monoisotopic (exact) mass is 274 g/mol. The summed E-state index contributed by atoms with van der Waals surface area (Å²) >= 11 is 0. The van der Waals surface area contributed by atoms with Crippen molar-refractivity contribution in [3.63, 3.8) is 0 Å². The van der Waals surface area contributed by atoms with E-state index in [0.717, 1.165) is 19.5 Å². The standard InChI is InChI=1S/C12H22N2O3S/c1-13-9-2-3-10(13)6-14(5-4-9)11-7-18(16,17)8-12(11)15/h9-12,15H,2-8H2,1H3. The van der Waals surface area contributed by atoms with E-state index in [9.17, 15) is 13.5 Å². The molecule has 0 amide bonds. The first-order valence-corrected chi connectivity index (χ1v) is 8.63. The van der Waals surface area contributed by atoms with Gasteiger partial charge in [0, 0.05) is 25.2 Å². The lowest BCUT2D eigenvalue weighted by molar-refractivity contribution is 0.0768. The molecule has 0 aromatic heterocycles. The van der Waals surface area contributed by atoms with Gasteiger partial charge in [-0.05, 0) is 26.3 Å². The Hall–Kier alpha value is -0.170. The average molecular weight is 274 g/mol. The summed E-state index contributed by atoms with van der Waals surface area (Å²) in [6.07, 6.45) is 2.86. The van der Waals surface area contributed by atoms with Crippen LogP contribution in [0.25, 0.3) is 0 Å². The van der Waals surface area contributed by atoms with Gasteiger partial charge in [0.05, 0.1) is 23.7 Å². The van der Waals surface area contributed by atoms with Crippen molar-refractivity contribution in [2.45, 2.75) is 43.5 Å². The molecule has 3 rings (SSSR count). The van der Waals surface area contributed by atoms with Gasteiger partial charge in [-0.3, -0.25) is 9.80 Å². The number of hydrogen-bond acceptors (Lipinski definition) is 5. The van der Waals surface area contributed by atoms with Crippen molar-refractivity contribution in [1.82, 2.24) is 9.80 Å². The Balaban J connectivity index is 1.74. The van der Waals surface area contributed by atoms with Crippen LogP contribution < -0.4 is 0 Å². The molecule has 0 radical (unpaired) electrons. The highest BCUT2D eigenvalue weighted by molar-refractivity contribution is 7.91. The molecule has 3 heterocycles. The smallest absolute Gasteiger partial charge is 0.154 e. The molecule has 3 aliphatic rings. The summed E-state index contributed by atoms with van der Waals surface area (Å²) < 4.78 is 23.2. The molecule has 3 aliphatic heterocycles. The SMILES string of the molecule is CN1C2CCC1CN(C1CS(=O)(=O)CC1O)CC2. The first-order chi connectivity index (χ1) is 8.46. The third kappa shape index (κ3) is 2.19. The zero-order valence-electron chi connectivity index (χ0n) is 10.8. The molecular formula is C12H22N2O3S. The Morgan fingerprint density at radius 3 is 2.50 bits per heavy atom. The van der Waals surface area contributed by atoms with Crippen LogP contribution in [0, 0.1) is 0 Å². The van der Waals surface area contributed by atoms with Crippen LogP contribution in [0.3, 0.4) is 0 Å². The van der Waals surface area contributed by atoms with Crippen molar-refractivity contribution >= 4 is 9.84 Å². The second-order valence-corrected chi connectivity index (χ2v) is 8.20. The lowest BCUT2D eigenvalue weighted by Gasteiger charge is -2.31. The molecule has 4 unspecified atom stereocenters. The van der Waals surface area contributed by atoms with Crippen molar-refractivity contribution in [1.29, 1.82) is 0 Å². The van der Waals surface area contributed by atoms with Crippen molar-refractivity contribution in [3.8, 4) is 0 Å². The maximum Gasteiger partial charge on any atom is 0.154 e. The summed E-state index contributed by atoms with van der Waals surface area (Å²) in [6, 6.07) is 1.01. The molecule has 3 saturated heterocycles. The Morgan fingerprint density at radius 1 is 1.11 bits per heavy atom. The Morgan fingerprint density at radius 2 is 1.83 bits per heavy atom. The minimum Gasteiger partial charge on any atom is -0.390 e. The molecule has 18 heavy (non-hydrogen) atoms. The molecule has 0 saturated carbocycles. The van der Waals surface area contributed by atoms with Gasteiger partial charge in [-0.2, -0.15) is 0 Å². The summed E-state index contributed by atoms with van der Waals surface area (Å²) in [4.78, 5) is 4.66. The highest BCUT2D eigenvalue weighted by Crippen LogP contribution is 2.31. The molecule has 0 aromatic rings. The normalized spacial score (nSPS) is 45.2. The maximum atomic E-state index is 11.6. The quantitative estimate of drug-likeness (QED) is 0.686. The van der Waals surface area contributed by atoms with Gasteiger partial charge < -0.3 is 5.11 Å². The molecule has 3 fully saturated rings. The lowest BCUT2D eigenvalue weighted by atomic mass is 10.1. The summed E-state index contributed by atoms with van der Waals surface area (Å²) in [7, 11) is -0.863. The van der Waals surface area contributed by atoms with E-state index < -0.39 is 15.9 Å². The Labute approximate surface area is 109 Å².